The van der Waals surface area contributed by atoms with Gasteiger partial charge in [0.15, 0.2) is 5.75 Å². The summed E-state index contributed by atoms with van der Waals surface area (Å²) in [6, 6.07) is 0.141. The number of thioether (sulfide) groups is 1. The van der Waals surface area contributed by atoms with Crippen molar-refractivity contribution in [2.45, 2.75) is 45.4 Å². The fraction of sp³-hybridized carbons (Fsp3) is 0.800. The number of methoxy groups -OCH3 is 1. The quantitative estimate of drug-likeness (QED) is 0.799. The van der Waals surface area contributed by atoms with E-state index in [4.69, 9.17) is 9.47 Å². The van der Waals surface area contributed by atoms with Crippen LogP contribution in [0.2, 0.25) is 0 Å². The molecular weight excluding hydrogens is 286 g/mol. The van der Waals surface area contributed by atoms with Gasteiger partial charge in [-0.05, 0) is 19.4 Å². The standard InChI is InChI=1S/C15H27N3O2S/c1-4-6-16-14(13-11-21-9-8-20-13)15-12(19-3)10-17-18(15)7-5-2/h10,13-14,16H,4-9,11H2,1-3H3. The van der Waals surface area contributed by atoms with Gasteiger partial charge in [0.2, 0.25) is 0 Å². The van der Waals surface area contributed by atoms with E-state index >= 15 is 0 Å². The van der Waals surface area contributed by atoms with Gasteiger partial charge < -0.3 is 14.8 Å². The van der Waals surface area contributed by atoms with E-state index in [1.54, 1.807) is 7.11 Å². The van der Waals surface area contributed by atoms with Crippen LogP contribution in [-0.4, -0.2) is 47.7 Å². The monoisotopic (exact) mass is 313 g/mol. The van der Waals surface area contributed by atoms with Gasteiger partial charge in [-0.3, -0.25) is 4.68 Å². The number of hydrogen-bond donors (Lipinski definition) is 1. The average Bonchev–Trinajstić information content (AvgIpc) is 2.92. The van der Waals surface area contributed by atoms with E-state index in [2.05, 4.69) is 28.9 Å². The summed E-state index contributed by atoms with van der Waals surface area (Å²) >= 11 is 1.96. The number of aromatic nitrogens is 2. The highest BCUT2D eigenvalue weighted by Crippen LogP contribution is 2.31. The van der Waals surface area contributed by atoms with Gasteiger partial charge in [-0.15, -0.1) is 0 Å². The molecule has 0 aliphatic carbocycles. The van der Waals surface area contributed by atoms with Crippen LogP contribution in [0.1, 0.15) is 38.4 Å². The Labute approximate surface area is 131 Å². The van der Waals surface area contributed by atoms with Crippen LogP contribution in [0.15, 0.2) is 6.20 Å². The van der Waals surface area contributed by atoms with Gasteiger partial charge in [0.25, 0.3) is 0 Å². The maximum atomic E-state index is 6.01. The summed E-state index contributed by atoms with van der Waals surface area (Å²) in [5.41, 5.74) is 1.13. The lowest BCUT2D eigenvalue weighted by molar-refractivity contribution is 0.0437. The highest BCUT2D eigenvalue weighted by atomic mass is 32.2. The highest BCUT2D eigenvalue weighted by molar-refractivity contribution is 7.99. The van der Waals surface area contributed by atoms with Crippen LogP contribution in [0, 0.1) is 0 Å². The lowest BCUT2D eigenvalue weighted by Gasteiger charge is -2.31. The molecule has 0 radical (unpaired) electrons. The van der Waals surface area contributed by atoms with Crippen molar-refractivity contribution < 1.29 is 9.47 Å². The predicted octanol–water partition coefficient (Wildman–Crippen LogP) is 2.47. The zero-order chi connectivity index (χ0) is 15.1. The predicted molar refractivity (Wildman–Crippen MR) is 87.2 cm³/mol. The van der Waals surface area contributed by atoms with Crippen LogP contribution in [-0.2, 0) is 11.3 Å². The van der Waals surface area contributed by atoms with Crippen molar-refractivity contribution in [3.63, 3.8) is 0 Å². The Balaban J connectivity index is 2.27. The zero-order valence-corrected chi connectivity index (χ0v) is 14.1. The Morgan fingerprint density at radius 1 is 1.52 bits per heavy atom. The highest BCUT2D eigenvalue weighted by Gasteiger charge is 2.31. The van der Waals surface area contributed by atoms with Crippen LogP contribution in [0.25, 0.3) is 0 Å². The molecule has 6 heteroatoms. The van der Waals surface area contributed by atoms with Gasteiger partial charge >= 0.3 is 0 Å². The van der Waals surface area contributed by atoms with Crippen molar-refractivity contribution in [1.82, 2.24) is 15.1 Å². The SMILES string of the molecule is CCCNC(c1c(OC)cnn1CCC)C1CSCCO1. The molecule has 1 fully saturated rings. The molecule has 21 heavy (non-hydrogen) atoms. The molecule has 2 rings (SSSR count). The normalized spacial score (nSPS) is 20.4. The van der Waals surface area contributed by atoms with Crippen molar-refractivity contribution in [3.05, 3.63) is 11.9 Å². The van der Waals surface area contributed by atoms with Gasteiger partial charge in [-0.1, -0.05) is 13.8 Å². The van der Waals surface area contributed by atoms with E-state index < -0.39 is 0 Å². The molecular formula is C15H27N3O2S. The summed E-state index contributed by atoms with van der Waals surface area (Å²) in [7, 11) is 1.71. The summed E-state index contributed by atoms with van der Waals surface area (Å²) in [6.45, 7) is 7.04. The number of nitrogens with one attached hydrogen (secondary N) is 1. The second-order valence-electron chi connectivity index (χ2n) is 5.24. The van der Waals surface area contributed by atoms with Gasteiger partial charge in [0.1, 0.15) is 0 Å². The summed E-state index contributed by atoms with van der Waals surface area (Å²) < 4.78 is 13.6. The third kappa shape index (κ3) is 4.14. The maximum Gasteiger partial charge on any atom is 0.161 e. The number of hydrogen-bond acceptors (Lipinski definition) is 5. The van der Waals surface area contributed by atoms with Crippen LogP contribution >= 0.6 is 11.8 Å². The van der Waals surface area contributed by atoms with E-state index in [-0.39, 0.29) is 12.1 Å². The fourth-order valence-electron chi connectivity index (χ4n) is 2.64. The average molecular weight is 313 g/mol. The first-order chi connectivity index (χ1) is 10.3. The van der Waals surface area contributed by atoms with Crippen LogP contribution < -0.4 is 10.1 Å². The fourth-order valence-corrected chi connectivity index (χ4v) is 3.54. The number of aryl methyl sites for hydroxylation is 1. The second kappa shape index (κ2) is 8.66. The Morgan fingerprint density at radius 2 is 2.38 bits per heavy atom. The summed E-state index contributed by atoms with van der Waals surface area (Å²) in [6.07, 6.45) is 4.15. The lowest BCUT2D eigenvalue weighted by Crippen LogP contribution is -2.40. The van der Waals surface area contributed by atoms with Crippen LogP contribution in [0.3, 0.4) is 0 Å². The molecule has 2 atom stereocenters. The molecule has 2 heterocycles. The first-order valence-electron chi connectivity index (χ1n) is 7.84. The smallest absolute Gasteiger partial charge is 0.161 e. The molecule has 1 aliphatic rings. The molecule has 1 saturated heterocycles. The minimum Gasteiger partial charge on any atom is -0.493 e. The Bertz CT molecular complexity index is 419. The van der Waals surface area contributed by atoms with Crippen molar-refractivity contribution >= 4 is 11.8 Å². The molecule has 5 nitrogen and oxygen atoms in total. The van der Waals surface area contributed by atoms with E-state index in [0.29, 0.717) is 0 Å². The maximum absolute atomic E-state index is 6.01. The molecule has 1 aromatic rings. The largest absolute Gasteiger partial charge is 0.493 e. The van der Waals surface area contributed by atoms with Gasteiger partial charge in [-0.2, -0.15) is 16.9 Å². The minimum absolute atomic E-state index is 0.141. The lowest BCUT2D eigenvalue weighted by atomic mass is 10.1. The van der Waals surface area contributed by atoms with Crippen LogP contribution in [0.5, 0.6) is 5.75 Å². The summed E-state index contributed by atoms with van der Waals surface area (Å²) in [5.74, 6) is 2.96. The van der Waals surface area contributed by atoms with Gasteiger partial charge in [0.05, 0.1) is 37.8 Å². The first-order valence-corrected chi connectivity index (χ1v) is 8.99. The third-order valence-corrected chi connectivity index (χ3v) is 4.64. The molecule has 0 amide bonds. The number of nitrogens with zero attached hydrogens (tertiary/aromatic N) is 2. The second-order valence-corrected chi connectivity index (χ2v) is 6.39. The number of ether oxygens (including phenoxy) is 2. The molecule has 1 aliphatic heterocycles. The van der Waals surface area contributed by atoms with E-state index in [1.807, 2.05) is 18.0 Å². The van der Waals surface area contributed by atoms with E-state index in [9.17, 15) is 0 Å². The topological polar surface area (TPSA) is 48.3 Å². The molecule has 0 aromatic carbocycles. The van der Waals surface area contributed by atoms with Crippen molar-refractivity contribution in [1.29, 1.82) is 0 Å². The van der Waals surface area contributed by atoms with E-state index in [0.717, 1.165) is 55.5 Å². The molecule has 0 bridgehead atoms. The molecule has 0 spiro atoms. The molecule has 120 valence electrons. The van der Waals surface area contributed by atoms with Crippen molar-refractivity contribution in [2.75, 3.05) is 31.8 Å². The molecule has 1 aromatic heterocycles. The Morgan fingerprint density at radius 3 is 3.00 bits per heavy atom. The summed E-state index contributed by atoms with van der Waals surface area (Å²) in [4.78, 5) is 0. The van der Waals surface area contributed by atoms with Gasteiger partial charge in [0, 0.05) is 18.1 Å². The molecule has 2 unspecified atom stereocenters. The Kier molecular flexibility index (Phi) is 6.86. The Hall–Kier alpha value is -0.720. The van der Waals surface area contributed by atoms with E-state index in [1.165, 1.54) is 0 Å². The minimum atomic E-state index is 0.141. The van der Waals surface area contributed by atoms with Gasteiger partial charge in [-0.25, -0.2) is 0 Å². The number of rotatable bonds is 8. The first kappa shape index (κ1) is 16.6. The van der Waals surface area contributed by atoms with Crippen molar-refractivity contribution in [3.8, 4) is 5.75 Å². The third-order valence-electron chi connectivity index (χ3n) is 3.62. The molecule has 0 saturated carbocycles. The zero-order valence-electron chi connectivity index (χ0n) is 13.3. The van der Waals surface area contributed by atoms with Crippen LogP contribution in [0.4, 0.5) is 0 Å². The summed E-state index contributed by atoms with van der Waals surface area (Å²) in [5, 5.41) is 8.13. The van der Waals surface area contributed by atoms with Crippen molar-refractivity contribution in [2.24, 2.45) is 0 Å². The molecule has 1 N–H and O–H groups in total.